The summed E-state index contributed by atoms with van der Waals surface area (Å²) in [5, 5.41) is 9.79. The normalized spacial score (nSPS) is 10.5. The molecule has 0 atom stereocenters. The quantitative estimate of drug-likeness (QED) is 0.651. The van der Waals surface area contributed by atoms with E-state index in [-0.39, 0.29) is 4.88 Å². The van der Waals surface area contributed by atoms with Crippen LogP contribution in [-0.2, 0) is 0 Å². The van der Waals surface area contributed by atoms with Crippen molar-refractivity contribution in [3.63, 3.8) is 0 Å². The lowest BCUT2D eigenvalue weighted by atomic mass is 10.2. The summed E-state index contributed by atoms with van der Waals surface area (Å²) < 4.78 is 6.75. The molecular weight excluding hydrogens is 378 g/mol. The van der Waals surface area contributed by atoms with Crippen LogP contribution < -0.4 is 4.74 Å². The lowest BCUT2D eigenvalue weighted by Gasteiger charge is -2.06. The molecule has 3 rings (SSSR count). The van der Waals surface area contributed by atoms with Gasteiger partial charge < -0.3 is 9.84 Å². The van der Waals surface area contributed by atoms with Crippen LogP contribution in [0.25, 0.3) is 10.6 Å². The Hall–Kier alpha value is -2.18. The number of carbonyl (C=O) groups is 1. The molecule has 0 aliphatic carbocycles. The highest BCUT2D eigenvalue weighted by molar-refractivity contribution is 9.10. The van der Waals surface area contributed by atoms with Gasteiger partial charge in [0.25, 0.3) is 0 Å². The van der Waals surface area contributed by atoms with E-state index in [1.165, 1.54) is 11.3 Å². The summed E-state index contributed by atoms with van der Waals surface area (Å²) in [5.74, 6) is 0.517. The van der Waals surface area contributed by atoms with Gasteiger partial charge in [-0.15, -0.1) is 11.3 Å². The first kappa shape index (κ1) is 15.7. The first-order chi connectivity index (χ1) is 11.0. The Morgan fingerprint density at radius 2 is 1.65 bits per heavy atom. The minimum atomic E-state index is -0.943. The third-order valence-corrected chi connectivity index (χ3v) is 4.86. The Bertz CT molecular complexity index is 841. The molecule has 0 aliphatic heterocycles. The molecule has 2 aromatic carbocycles. The van der Waals surface area contributed by atoms with Crippen LogP contribution in [0.5, 0.6) is 11.5 Å². The zero-order valence-corrected chi connectivity index (χ0v) is 14.5. The van der Waals surface area contributed by atoms with Gasteiger partial charge in [-0.05, 0) is 55.5 Å². The van der Waals surface area contributed by atoms with E-state index >= 15 is 0 Å². The number of carboxylic acids is 1. The van der Waals surface area contributed by atoms with Gasteiger partial charge in [-0.2, -0.15) is 0 Å². The molecule has 0 saturated heterocycles. The number of ether oxygens (including phenoxy) is 1. The summed E-state index contributed by atoms with van der Waals surface area (Å²) in [4.78, 5) is 15.7. The summed E-state index contributed by atoms with van der Waals surface area (Å²) in [6.45, 7) is 1.70. The predicted octanol–water partition coefficient (Wildman–Crippen LogP) is 5.37. The number of carboxylic acid groups (broad SMARTS) is 1. The van der Waals surface area contributed by atoms with E-state index in [1.807, 2.05) is 48.5 Å². The average molecular weight is 390 g/mol. The lowest BCUT2D eigenvalue weighted by Crippen LogP contribution is -1.94. The minimum absolute atomic E-state index is 0.273. The number of benzene rings is 2. The first-order valence-electron chi connectivity index (χ1n) is 6.77. The number of aromatic carboxylic acids is 1. The molecule has 0 radical (unpaired) electrons. The topological polar surface area (TPSA) is 59.4 Å². The molecular formula is C17H12BrNO3S. The molecule has 0 saturated carbocycles. The highest BCUT2D eigenvalue weighted by atomic mass is 79.9. The number of aromatic nitrogens is 1. The van der Waals surface area contributed by atoms with Crippen molar-refractivity contribution < 1.29 is 14.6 Å². The van der Waals surface area contributed by atoms with Crippen molar-refractivity contribution in [2.24, 2.45) is 0 Å². The monoisotopic (exact) mass is 389 g/mol. The molecule has 4 nitrogen and oxygen atoms in total. The van der Waals surface area contributed by atoms with Crippen molar-refractivity contribution in [1.82, 2.24) is 4.98 Å². The molecule has 1 N–H and O–H groups in total. The van der Waals surface area contributed by atoms with Crippen LogP contribution in [0.1, 0.15) is 15.4 Å². The van der Waals surface area contributed by atoms with E-state index in [0.717, 1.165) is 15.8 Å². The van der Waals surface area contributed by atoms with Gasteiger partial charge >= 0.3 is 5.97 Å². The van der Waals surface area contributed by atoms with Crippen LogP contribution in [0.2, 0.25) is 0 Å². The van der Waals surface area contributed by atoms with Crippen molar-refractivity contribution in [2.75, 3.05) is 0 Å². The fourth-order valence-corrected chi connectivity index (χ4v) is 3.20. The Morgan fingerprint density at radius 1 is 1.09 bits per heavy atom. The number of nitrogens with zero attached hydrogens (tertiary/aromatic N) is 1. The second-order valence-electron chi connectivity index (χ2n) is 4.82. The molecule has 1 heterocycles. The lowest BCUT2D eigenvalue weighted by molar-refractivity contribution is 0.0701. The minimum Gasteiger partial charge on any atom is -0.477 e. The van der Waals surface area contributed by atoms with Gasteiger partial charge in [-0.25, -0.2) is 9.78 Å². The maximum absolute atomic E-state index is 11.1. The number of hydrogen-bond donors (Lipinski definition) is 1. The van der Waals surface area contributed by atoms with Crippen LogP contribution in [0, 0.1) is 6.92 Å². The Labute approximate surface area is 145 Å². The summed E-state index contributed by atoms with van der Waals surface area (Å²) in [6, 6.07) is 15.0. The van der Waals surface area contributed by atoms with E-state index in [9.17, 15) is 4.79 Å². The number of thiazole rings is 1. The van der Waals surface area contributed by atoms with E-state index < -0.39 is 5.97 Å². The van der Waals surface area contributed by atoms with Gasteiger partial charge in [0.15, 0.2) is 0 Å². The number of hydrogen-bond acceptors (Lipinski definition) is 4. The molecule has 0 aliphatic rings. The highest BCUT2D eigenvalue weighted by Gasteiger charge is 2.14. The largest absolute Gasteiger partial charge is 0.477 e. The number of halogens is 1. The fraction of sp³-hybridized carbons (Fsp3) is 0.0588. The summed E-state index contributed by atoms with van der Waals surface area (Å²) in [6.07, 6.45) is 0. The van der Waals surface area contributed by atoms with Crippen LogP contribution in [0.4, 0.5) is 0 Å². The van der Waals surface area contributed by atoms with Gasteiger partial charge in [0.05, 0.1) is 5.69 Å². The summed E-state index contributed by atoms with van der Waals surface area (Å²) >= 11 is 4.56. The van der Waals surface area contributed by atoms with E-state index in [0.29, 0.717) is 16.5 Å². The maximum atomic E-state index is 11.1. The molecule has 0 unspecified atom stereocenters. The maximum Gasteiger partial charge on any atom is 0.347 e. The summed E-state index contributed by atoms with van der Waals surface area (Å²) in [7, 11) is 0. The Balaban J connectivity index is 1.80. The third-order valence-electron chi connectivity index (χ3n) is 3.14. The standard InChI is InChI=1S/C17H12BrNO3S/c1-10-15(17(20)21)23-16(19-10)11-2-6-13(7-3-11)22-14-8-4-12(18)5-9-14/h2-9H,1H3,(H,20,21). The molecule has 6 heteroatoms. The van der Waals surface area contributed by atoms with E-state index in [1.54, 1.807) is 6.92 Å². The highest BCUT2D eigenvalue weighted by Crippen LogP contribution is 2.30. The second-order valence-corrected chi connectivity index (χ2v) is 6.73. The van der Waals surface area contributed by atoms with Crippen LogP contribution >= 0.6 is 27.3 Å². The molecule has 0 bridgehead atoms. The van der Waals surface area contributed by atoms with Crippen LogP contribution in [-0.4, -0.2) is 16.1 Å². The molecule has 1 aromatic heterocycles. The number of rotatable bonds is 4. The van der Waals surface area contributed by atoms with Gasteiger partial charge in [0.1, 0.15) is 21.4 Å². The summed E-state index contributed by atoms with van der Waals surface area (Å²) in [5.41, 5.74) is 1.40. The third kappa shape index (κ3) is 3.60. The van der Waals surface area contributed by atoms with Crippen molar-refractivity contribution in [1.29, 1.82) is 0 Å². The fourth-order valence-electron chi connectivity index (χ4n) is 2.02. The Kier molecular flexibility index (Phi) is 4.45. The van der Waals surface area contributed by atoms with Crippen LogP contribution in [0.15, 0.2) is 53.0 Å². The number of aryl methyl sites for hydroxylation is 1. The molecule has 0 amide bonds. The Morgan fingerprint density at radius 3 is 2.17 bits per heavy atom. The van der Waals surface area contributed by atoms with Crippen molar-refractivity contribution in [2.45, 2.75) is 6.92 Å². The second kappa shape index (κ2) is 6.52. The van der Waals surface area contributed by atoms with Crippen molar-refractivity contribution in [3.05, 3.63) is 63.6 Å². The average Bonchev–Trinajstić information content (AvgIpc) is 2.92. The van der Waals surface area contributed by atoms with E-state index in [4.69, 9.17) is 9.84 Å². The molecule has 3 aromatic rings. The van der Waals surface area contributed by atoms with Gasteiger partial charge in [0, 0.05) is 10.0 Å². The molecule has 0 spiro atoms. The van der Waals surface area contributed by atoms with E-state index in [2.05, 4.69) is 20.9 Å². The van der Waals surface area contributed by atoms with Crippen molar-refractivity contribution >= 4 is 33.2 Å². The predicted molar refractivity (Wildman–Crippen MR) is 93.5 cm³/mol. The SMILES string of the molecule is Cc1nc(-c2ccc(Oc3ccc(Br)cc3)cc2)sc1C(=O)O. The first-order valence-corrected chi connectivity index (χ1v) is 8.38. The van der Waals surface area contributed by atoms with Gasteiger partial charge in [0.2, 0.25) is 0 Å². The molecule has 0 fully saturated rings. The van der Waals surface area contributed by atoms with Crippen molar-refractivity contribution in [3.8, 4) is 22.1 Å². The van der Waals surface area contributed by atoms with Gasteiger partial charge in [-0.1, -0.05) is 15.9 Å². The zero-order valence-electron chi connectivity index (χ0n) is 12.1. The van der Waals surface area contributed by atoms with Crippen LogP contribution in [0.3, 0.4) is 0 Å². The molecule has 116 valence electrons. The smallest absolute Gasteiger partial charge is 0.347 e. The van der Waals surface area contributed by atoms with Gasteiger partial charge in [-0.3, -0.25) is 0 Å². The zero-order chi connectivity index (χ0) is 16.4. The molecule has 23 heavy (non-hydrogen) atoms.